The molecule has 0 radical (unpaired) electrons. The van der Waals surface area contributed by atoms with Gasteiger partial charge in [-0.1, -0.05) is 24.3 Å². The van der Waals surface area contributed by atoms with Crippen LogP contribution in [-0.4, -0.2) is 42.6 Å². The van der Waals surface area contributed by atoms with E-state index in [0.717, 1.165) is 43.5 Å². The van der Waals surface area contributed by atoms with Crippen LogP contribution >= 0.6 is 0 Å². The van der Waals surface area contributed by atoms with Crippen molar-refractivity contribution < 1.29 is 14.3 Å². The number of aldehydes is 1. The van der Waals surface area contributed by atoms with Crippen LogP contribution in [0.1, 0.15) is 49.7 Å². The van der Waals surface area contributed by atoms with Gasteiger partial charge in [0.25, 0.3) is 0 Å². The lowest BCUT2D eigenvalue weighted by molar-refractivity contribution is -0.104. The molecule has 2 rings (SSSR count). The van der Waals surface area contributed by atoms with Crippen molar-refractivity contribution in [3.8, 4) is 0 Å². The predicted octanol–water partition coefficient (Wildman–Crippen LogP) is 4.16. The first kappa shape index (κ1) is 24.2. The monoisotopic (exact) mass is 421 g/mol. The molecule has 1 aliphatic heterocycles. The summed E-state index contributed by atoms with van der Waals surface area (Å²) in [6.45, 7) is 6.79. The summed E-state index contributed by atoms with van der Waals surface area (Å²) in [6.07, 6.45) is 16.1. The van der Waals surface area contributed by atoms with Crippen LogP contribution in [0.3, 0.4) is 0 Å². The van der Waals surface area contributed by atoms with Crippen LogP contribution in [0.2, 0.25) is 0 Å². The lowest BCUT2D eigenvalue weighted by atomic mass is 10.0. The minimum Gasteiger partial charge on any atom is -0.381 e. The van der Waals surface area contributed by atoms with Gasteiger partial charge in [0.15, 0.2) is 12.1 Å². The normalized spacial score (nSPS) is 16.8. The third kappa shape index (κ3) is 8.26. The number of ether oxygens (including phenoxy) is 1. The van der Waals surface area contributed by atoms with E-state index in [0.29, 0.717) is 23.4 Å². The molecule has 6 heteroatoms. The number of allylic oxidation sites excluding steroid dienone is 7. The van der Waals surface area contributed by atoms with Gasteiger partial charge in [0.05, 0.1) is 12.4 Å². The maximum Gasteiger partial charge on any atom is 0.178 e. The highest BCUT2D eigenvalue weighted by Gasteiger charge is 2.11. The molecule has 0 atom stereocenters. The molecule has 1 aromatic heterocycles. The lowest BCUT2D eigenvalue weighted by Crippen LogP contribution is -2.21. The lowest BCUT2D eigenvalue weighted by Gasteiger charge is -2.18. The van der Waals surface area contributed by atoms with Gasteiger partial charge in [0.1, 0.15) is 5.69 Å². The number of nitrogens with one attached hydrogen (secondary N) is 1. The summed E-state index contributed by atoms with van der Waals surface area (Å²) < 4.78 is 5.36. The van der Waals surface area contributed by atoms with E-state index in [4.69, 9.17) is 4.74 Å². The number of Topliss-reactive ketones (excluding diaryl/α,β-unsaturated/α-hetero) is 1. The topological polar surface area (TPSA) is 80.6 Å². The second kappa shape index (κ2) is 13.2. The highest BCUT2D eigenvalue weighted by molar-refractivity contribution is 5.92. The molecule has 0 spiro atoms. The Balaban J connectivity index is 2.24. The van der Waals surface area contributed by atoms with Crippen molar-refractivity contribution in [2.75, 3.05) is 13.2 Å². The van der Waals surface area contributed by atoms with Crippen LogP contribution in [0.4, 0.5) is 0 Å². The minimum atomic E-state index is -0.0635. The smallest absolute Gasteiger partial charge is 0.178 e. The third-order valence-electron chi connectivity index (χ3n) is 4.78. The number of pyridine rings is 1. The molecule has 1 N–H and O–H groups in total. The average Bonchev–Trinajstić information content (AvgIpc) is 2.78. The number of aromatic nitrogens is 1. The molecule has 1 fully saturated rings. The van der Waals surface area contributed by atoms with E-state index in [1.54, 1.807) is 18.6 Å². The quantitative estimate of drug-likeness (QED) is 0.153. The van der Waals surface area contributed by atoms with E-state index >= 15 is 0 Å². The van der Waals surface area contributed by atoms with E-state index in [2.05, 4.69) is 15.3 Å². The van der Waals surface area contributed by atoms with Gasteiger partial charge in [-0.05, 0) is 62.5 Å². The number of carbonyl (C=O) groups is 2. The molecule has 1 aliphatic rings. The van der Waals surface area contributed by atoms with Gasteiger partial charge in [-0.15, -0.1) is 0 Å². The van der Waals surface area contributed by atoms with Crippen molar-refractivity contribution in [3.63, 3.8) is 0 Å². The van der Waals surface area contributed by atoms with Crippen LogP contribution in [0.25, 0.3) is 0 Å². The fourth-order valence-electron chi connectivity index (χ4n) is 3.16. The number of nitrogens with zero attached hydrogens (tertiary/aromatic N) is 2. The summed E-state index contributed by atoms with van der Waals surface area (Å²) in [4.78, 5) is 32.1. The molecule has 2 heterocycles. The molecule has 0 aromatic carbocycles. The van der Waals surface area contributed by atoms with Crippen LogP contribution < -0.4 is 5.32 Å². The Labute approximate surface area is 184 Å². The molecule has 0 aliphatic carbocycles. The molecule has 0 amide bonds. The molecular weight excluding hydrogens is 390 g/mol. The zero-order valence-electron chi connectivity index (χ0n) is 18.5. The fraction of sp³-hybridized carbons (Fsp3) is 0.360. The summed E-state index contributed by atoms with van der Waals surface area (Å²) in [5.41, 5.74) is 3.56. The summed E-state index contributed by atoms with van der Waals surface area (Å²) >= 11 is 0. The van der Waals surface area contributed by atoms with E-state index in [9.17, 15) is 9.59 Å². The molecule has 0 saturated carbocycles. The van der Waals surface area contributed by atoms with Crippen LogP contribution in [0.15, 0.2) is 70.5 Å². The Bertz CT molecular complexity index is 887. The molecule has 164 valence electrons. The van der Waals surface area contributed by atoms with Crippen molar-refractivity contribution in [1.29, 1.82) is 0 Å². The number of hydrogen-bond donors (Lipinski definition) is 1. The van der Waals surface area contributed by atoms with Crippen LogP contribution in [-0.2, 0) is 16.0 Å². The zero-order chi connectivity index (χ0) is 22.5. The first-order valence-electron chi connectivity index (χ1n) is 10.5. The number of aliphatic imine (C=N–C) groups is 1. The van der Waals surface area contributed by atoms with Gasteiger partial charge in [-0.25, -0.2) is 0 Å². The Kier molecular flexibility index (Phi) is 10.3. The molecule has 1 aromatic rings. The number of ketones is 1. The van der Waals surface area contributed by atoms with E-state index < -0.39 is 0 Å². The fourth-order valence-corrected chi connectivity index (χ4v) is 3.16. The van der Waals surface area contributed by atoms with E-state index in [-0.39, 0.29) is 11.8 Å². The number of carbonyl (C=O) groups excluding carboxylic acids is 2. The Morgan fingerprint density at radius 1 is 1.23 bits per heavy atom. The first-order chi connectivity index (χ1) is 15.1. The standard InChI is InChI=1S/C25H31N3O3/c1-4-6-20(14-21-8-9-24(19(3)30)26-16-21)15-22(17-29)25(7-5-2)28-18-27-23-10-12-31-13-11-23/h4-9,15-18,23H,10-14H2,1-3H3,(H,27,28)/b6-4+,7-5+,20-15+,25-22-. The van der Waals surface area contributed by atoms with Crippen molar-refractivity contribution in [3.05, 3.63) is 76.8 Å². The van der Waals surface area contributed by atoms with Gasteiger partial charge >= 0.3 is 0 Å². The van der Waals surface area contributed by atoms with Crippen LogP contribution in [0.5, 0.6) is 0 Å². The van der Waals surface area contributed by atoms with Crippen LogP contribution in [0, 0.1) is 0 Å². The highest BCUT2D eigenvalue weighted by Crippen LogP contribution is 2.14. The first-order valence-corrected chi connectivity index (χ1v) is 10.5. The van der Waals surface area contributed by atoms with Gasteiger partial charge in [0.2, 0.25) is 0 Å². The SMILES string of the molecule is C/C=C/C(=C\C(C=O)=C(/C=C/C)NC=NC1CCOCC1)Cc1ccc(C(C)=O)nc1. The van der Waals surface area contributed by atoms with Crippen molar-refractivity contribution in [2.24, 2.45) is 4.99 Å². The summed E-state index contributed by atoms with van der Waals surface area (Å²) in [5, 5.41) is 3.16. The Hall–Kier alpha value is -3.12. The maximum atomic E-state index is 11.9. The van der Waals surface area contributed by atoms with E-state index in [1.165, 1.54) is 6.92 Å². The van der Waals surface area contributed by atoms with Crippen molar-refractivity contribution in [2.45, 2.75) is 46.1 Å². The summed E-state index contributed by atoms with van der Waals surface area (Å²) in [7, 11) is 0. The molecule has 0 unspecified atom stereocenters. The molecule has 6 nitrogen and oxygen atoms in total. The summed E-state index contributed by atoms with van der Waals surface area (Å²) in [6, 6.07) is 3.85. The predicted molar refractivity (Wildman–Crippen MR) is 124 cm³/mol. The largest absolute Gasteiger partial charge is 0.381 e. The van der Waals surface area contributed by atoms with Gasteiger partial charge < -0.3 is 10.1 Å². The summed E-state index contributed by atoms with van der Waals surface area (Å²) in [5.74, 6) is -0.0635. The van der Waals surface area contributed by atoms with Gasteiger partial charge in [0, 0.05) is 37.6 Å². The molecule has 0 bridgehead atoms. The second-order valence-corrected chi connectivity index (χ2v) is 7.26. The van der Waals surface area contributed by atoms with E-state index in [1.807, 2.05) is 50.3 Å². The Morgan fingerprint density at radius 3 is 2.55 bits per heavy atom. The van der Waals surface area contributed by atoms with Crippen molar-refractivity contribution >= 4 is 18.4 Å². The highest BCUT2D eigenvalue weighted by atomic mass is 16.5. The van der Waals surface area contributed by atoms with Gasteiger partial charge in [-0.2, -0.15) is 0 Å². The molecular formula is C25H31N3O3. The maximum absolute atomic E-state index is 11.9. The van der Waals surface area contributed by atoms with Gasteiger partial charge in [-0.3, -0.25) is 19.6 Å². The third-order valence-corrected chi connectivity index (χ3v) is 4.78. The zero-order valence-corrected chi connectivity index (χ0v) is 18.5. The second-order valence-electron chi connectivity index (χ2n) is 7.26. The number of rotatable bonds is 10. The number of hydrogen-bond acceptors (Lipinski definition) is 5. The van der Waals surface area contributed by atoms with Crippen molar-refractivity contribution in [1.82, 2.24) is 10.3 Å². The molecule has 31 heavy (non-hydrogen) atoms. The minimum absolute atomic E-state index is 0.0635. The Morgan fingerprint density at radius 2 is 1.97 bits per heavy atom. The average molecular weight is 422 g/mol. The molecule has 1 saturated heterocycles.